The van der Waals surface area contributed by atoms with Crippen molar-refractivity contribution in [3.63, 3.8) is 0 Å². The summed E-state index contributed by atoms with van der Waals surface area (Å²) < 4.78 is 0. The number of fused-ring (bicyclic) bond motifs is 14. The summed E-state index contributed by atoms with van der Waals surface area (Å²) in [4.78, 5) is 0. The molecule has 0 N–H and O–H groups in total. The van der Waals surface area contributed by atoms with E-state index in [0.717, 1.165) is 0 Å². The molecule has 1 aliphatic carbocycles. The van der Waals surface area contributed by atoms with Crippen LogP contribution in [0.4, 0.5) is 0 Å². The number of rotatable bonds is 2. The van der Waals surface area contributed by atoms with E-state index in [1.54, 1.807) is 0 Å². The lowest BCUT2D eigenvalue weighted by Crippen LogP contribution is -1.88. The Hall–Kier alpha value is -7.54. The van der Waals surface area contributed by atoms with Crippen LogP contribution in [0.2, 0.25) is 0 Å². The summed E-state index contributed by atoms with van der Waals surface area (Å²) >= 11 is 0. The first-order valence-corrected chi connectivity index (χ1v) is 20.4. The van der Waals surface area contributed by atoms with Gasteiger partial charge in [0.2, 0.25) is 0 Å². The van der Waals surface area contributed by atoms with Crippen LogP contribution in [-0.2, 0) is 0 Å². The Kier molecular flexibility index (Phi) is 5.25. The van der Waals surface area contributed by atoms with E-state index in [9.17, 15) is 0 Å². The topological polar surface area (TPSA) is 0 Å². The van der Waals surface area contributed by atoms with Gasteiger partial charge in [-0.2, -0.15) is 0 Å². The fourth-order valence-corrected chi connectivity index (χ4v) is 11.8. The van der Waals surface area contributed by atoms with Gasteiger partial charge in [0.15, 0.2) is 0 Å². The Bertz CT molecular complexity index is 4030. The zero-order valence-corrected chi connectivity index (χ0v) is 31.3. The van der Waals surface area contributed by atoms with Crippen LogP contribution in [0.3, 0.4) is 0 Å². The largest absolute Gasteiger partial charge is 0.0622 e. The average molecular weight is 727 g/mol. The highest BCUT2D eigenvalue weighted by Gasteiger charge is 2.29. The molecule has 1 aliphatic rings. The molecule has 262 valence electrons. The van der Waals surface area contributed by atoms with E-state index in [-0.39, 0.29) is 0 Å². The number of hydrogen-bond donors (Lipinski definition) is 0. The molecule has 0 aliphatic heterocycles. The van der Waals surface area contributed by atoms with Crippen LogP contribution >= 0.6 is 0 Å². The lowest BCUT2D eigenvalue weighted by molar-refractivity contribution is 1.62. The normalized spacial score (nSPS) is 12.8. The summed E-state index contributed by atoms with van der Waals surface area (Å²) in [5, 5.41) is 27.1. The van der Waals surface area contributed by atoms with E-state index < -0.39 is 0 Å². The van der Waals surface area contributed by atoms with Crippen LogP contribution in [0.25, 0.3) is 152 Å². The minimum atomic E-state index is 1.23. The molecule has 0 saturated carbocycles. The van der Waals surface area contributed by atoms with Crippen molar-refractivity contribution in [2.24, 2.45) is 0 Å². The molecule has 0 amide bonds. The maximum atomic E-state index is 2.49. The van der Waals surface area contributed by atoms with Gasteiger partial charge >= 0.3 is 0 Å². The third kappa shape index (κ3) is 3.39. The molecule has 0 fully saturated rings. The second kappa shape index (κ2) is 10.2. The van der Waals surface area contributed by atoms with Crippen LogP contribution in [-0.4, -0.2) is 0 Å². The third-order valence-electron chi connectivity index (χ3n) is 14.0. The van der Waals surface area contributed by atoms with Crippen LogP contribution in [0.5, 0.6) is 0 Å². The van der Waals surface area contributed by atoms with Gasteiger partial charge in [0.25, 0.3) is 0 Å². The Morgan fingerprint density at radius 1 is 0.190 bits per heavy atom. The first-order valence-electron chi connectivity index (χ1n) is 20.4. The van der Waals surface area contributed by atoms with Crippen molar-refractivity contribution in [2.45, 2.75) is 0 Å². The van der Waals surface area contributed by atoms with Crippen LogP contribution in [0.1, 0.15) is 0 Å². The summed E-state index contributed by atoms with van der Waals surface area (Å²) in [6, 6.07) is 69.1. The molecule has 15 rings (SSSR count). The fraction of sp³-hybridized carbons (Fsp3) is 0. The summed E-state index contributed by atoms with van der Waals surface area (Å²) in [6.07, 6.45) is 0. The molecule has 0 bridgehead atoms. The molecule has 0 heteroatoms. The van der Waals surface area contributed by atoms with Gasteiger partial charge in [-0.15, -0.1) is 0 Å². The van der Waals surface area contributed by atoms with Crippen LogP contribution in [0.15, 0.2) is 182 Å². The van der Waals surface area contributed by atoms with Gasteiger partial charge in [0.05, 0.1) is 0 Å². The molecule has 0 heterocycles. The van der Waals surface area contributed by atoms with Gasteiger partial charge in [0.1, 0.15) is 0 Å². The Balaban J connectivity index is 1.19. The monoisotopic (exact) mass is 726 g/mol. The van der Waals surface area contributed by atoms with Crippen molar-refractivity contribution in [3.05, 3.63) is 182 Å². The van der Waals surface area contributed by atoms with Gasteiger partial charge in [-0.05, 0) is 164 Å². The minimum Gasteiger partial charge on any atom is -0.0622 e. The van der Waals surface area contributed by atoms with Gasteiger partial charge in [-0.1, -0.05) is 170 Å². The maximum absolute atomic E-state index is 2.49. The van der Waals surface area contributed by atoms with E-state index in [1.165, 1.54) is 152 Å². The highest BCUT2D eigenvalue weighted by atomic mass is 14.3. The maximum Gasteiger partial charge on any atom is -0.000696 e. The van der Waals surface area contributed by atoms with Crippen molar-refractivity contribution in [2.75, 3.05) is 0 Å². The number of hydrogen-bond acceptors (Lipinski definition) is 0. The summed E-state index contributed by atoms with van der Waals surface area (Å²) in [5.41, 5.74) is 10.5. The van der Waals surface area contributed by atoms with Crippen molar-refractivity contribution in [3.8, 4) is 44.5 Å². The summed E-state index contributed by atoms with van der Waals surface area (Å²) in [5.74, 6) is 0. The van der Waals surface area contributed by atoms with E-state index in [0.29, 0.717) is 0 Å². The number of benzene rings is 12. The zero-order valence-electron chi connectivity index (χ0n) is 31.3. The molecule has 0 spiro atoms. The first kappa shape index (κ1) is 29.7. The fourth-order valence-electron chi connectivity index (χ4n) is 11.8. The smallest absolute Gasteiger partial charge is 0.000696 e. The Labute approximate surface area is 332 Å². The van der Waals surface area contributed by atoms with E-state index in [2.05, 4.69) is 182 Å². The van der Waals surface area contributed by atoms with Crippen molar-refractivity contribution in [1.82, 2.24) is 0 Å². The van der Waals surface area contributed by atoms with E-state index in [1.807, 2.05) is 0 Å². The molecular formula is C58H30. The molecule has 0 nitrogen and oxygen atoms in total. The first-order chi connectivity index (χ1) is 28.8. The predicted octanol–water partition coefficient (Wildman–Crippen LogP) is 16.5. The second-order valence-electron chi connectivity index (χ2n) is 16.6. The van der Waals surface area contributed by atoms with Crippen molar-refractivity contribution in [1.29, 1.82) is 0 Å². The van der Waals surface area contributed by atoms with Crippen molar-refractivity contribution < 1.29 is 0 Å². The molecule has 0 saturated heterocycles. The third-order valence-corrected chi connectivity index (χ3v) is 14.0. The van der Waals surface area contributed by atoms with Crippen molar-refractivity contribution >= 4 is 108 Å². The van der Waals surface area contributed by atoms with Crippen LogP contribution in [0, 0.1) is 0 Å². The summed E-state index contributed by atoms with van der Waals surface area (Å²) in [7, 11) is 0. The average Bonchev–Trinajstić information content (AvgIpc) is 3.93. The van der Waals surface area contributed by atoms with Gasteiger partial charge < -0.3 is 0 Å². The molecule has 58 heavy (non-hydrogen) atoms. The molecule has 0 atom stereocenters. The SMILES string of the molecule is c1ccc(-c2cccc(-c3c4cc5ccccc5c5c6ccccc6c(c6c7ccc8c9ccc%10c%11c(ccc(c%12ccc(c36)c7c%128)c%119)-c3ccccc3-%10)c45)c2)cc1. The molecule has 0 aromatic heterocycles. The zero-order chi connectivity index (χ0) is 37.4. The van der Waals surface area contributed by atoms with Gasteiger partial charge in [0, 0.05) is 0 Å². The predicted molar refractivity (Wildman–Crippen MR) is 250 cm³/mol. The lowest BCUT2D eigenvalue weighted by Gasteiger charge is -2.16. The molecule has 0 radical (unpaired) electrons. The summed E-state index contributed by atoms with van der Waals surface area (Å²) in [6.45, 7) is 0. The lowest BCUT2D eigenvalue weighted by atomic mass is 9.87. The van der Waals surface area contributed by atoms with Gasteiger partial charge in [-0.25, -0.2) is 0 Å². The molecular weight excluding hydrogens is 697 g/mol. The Morgan fingerprint density at radius 2 is 0.638 bits per heavy atom. The minimum absolute atomic E-state index is 1.23. The second-order valence-corrected chi connectivity index (χ2v) is 16.6. The highest BCUT2D eigenvalue weighted by molar-refractivity contribution is 6.52. The van der Waals surface area contributed by atoms with E-state index in [4.69, 9.17) is 0 Å². The molecule has 14 aromatic rings. The van der Waals surface area contributed by atoms with Crippen LogP contribution < -0.4 is 0 Å². The standard InChI is InChI=1S/C58H30/c1-2-11-31(12-3-1)32-14-10-15-34(29-32)49-48-30-33-13-4-5-16-35(33)50-38-19-8-9-20-39(38)55(58(48)50)57-47-28-26-45-43-24-22-41-37-18-7-6-17-36(37)40-21-23-42(52(43)51(40)41)44-25-27-46(56(49)57)54(47)53(44)45/h1-30H. The molecule has 0 unspecified atom stereocenters. The highest BCUT2D eigenvalue weighted by Crippen LogP contribution is 2.57. The van der Waals surface area contributed by atoms with E-state index >= 15 is 0 Å². The Morgan fingerprint density at radius 3 is 1.36 bits per heavy atom. The van der Waals surface area contributed by atoms with Gasteiger partial charge in [-0.3, -0.25) is 0 Å². The quantitative estimate of drug-likeness (QED) is 0.123. The molecule has 14 aromatic carbocycles.